The van der Waals surface area contributed by atoms with E-state index in [9.17, 15) is 8.78 Å². The molecule has 1 saturated heterocycles. The highest BCUT2D eigenvalue weighted by Crippen LogP contribution is 2.16. The summed E-state index contributed by atoms with van der Waals surface area (Å²) in [4.78, 5) is 2.23. The number of hydrogen-bond donors (Lipinski definition) is 0. The molecule has 1 rings (SSSR count). The molecule has 0 bridgehead atoms. The first-order chi connectivity index (χ1) is 6.09. The average Bonchev–Trinajstić information content (AvgIpc) is 2.04. The predicted molar refractivity (Wildman–Crippen MR) is 46.5 cm³/mol. The number of rotatable bonds is 3. The van der Waals surface area contributed by atoms with Crippen LogP contribution in [0.1, 0.15) is 20.3 Å². The second kappa shape index (κ2) is 4.86. The third-order valence-corrected chi connectivity index (χ3v) is 2.31. The molecule has 1 aliphatic heterocycles. The lowest BCUT2D eigenvalue weighted by molar-refractivity contribution is -0.161. The minimum Gasteiger partial charge on any atom is -0.319 e. The van der Waals surface area contributed by atoms with Crippen molar-refractivity contribution in [1.29, 1.82) is 0 Å². The average molecular weight is 192 g/mol. The SMILES string of the molecule is CC(C)N1C[CH]C(OC(F)F)CC1. The number of ether oxygens (including phenoxy) is 1. The van der Waals surface area contributed by atoms with E-state index in [-0.39, 0.29) is 6.10 Å². The molecule has 0 amide bonds. The molecule has 1 aliphatic rings. The van der Waals surface area contributed by atoms with Crippen molar-refractivity contribution in [3.8, 4) is 0 Å². The van der Waals surface area contributed by atoms with Gasteiger partial charge in [0.05, 0.1) is 6.10 Å². The van der Waals surface area contributed by atoms with Gasteiger partial charge in [0.1, 0.15) is 0 Å². The molecule has 1 atom stereocenters. The van der Waals surface area contributed by atoms with Crippen LogP contribution >= 0.6 is 0 Å². The molecule has 1 radical (unpaired) electrons. The first kappa shape index (κ1) is 10.9. The molecule has 2 nitrogen and oxygen atoms in total. The van der Waals surface area contributed by atoms with E-state index >= 15 is 0 Å². The Kier molecular flexibility index (Phi) is 4.06. The van der Waals surface area contributed by atoms with Gasteiger partial charge in [0.25, 0.3) is 0 Å². The zero-order valence-electron chi connectivity index (χ0n) is 8.04. The van der Waals surface area contributed by atoms with Crippen LogP contribution in [0.2, 0.25) is 0 Å². The molecule has 0 aromatic carbocycles. The lowest BCUT2D eigenvalue weighted by atomic mass is 10.1. The molecule has 0 aromatic rings. The maximum absolute atomic E-state index is 11.8. The Morgan fingerprint density at radius 3 is 2.54 bits per heavy atom. The fourth-order valence-corrected chi connectivity index (χ4v) is 1.48. The van der Waals surface area contributed by atoms with Crippen LogP contribution in [0.4, 0.5) is 8.78 Å². The maximum Gasteiger partial charge on any atom is 0.345 e. The maximum atomic E-state index is 11.8. The Labute approximate surface area is 77.9 Å². The molecule has 0 saturated carbocycles. The zero-order chi connectivity index (χ0) is 9.84. The fourth-order valence-electron chi connectivity index (χ4n) is 1.48. The molecule has 0 N–H and O–H groups in total. The van der Waals surface area contributed by atoms with Crippen molar-refractivity contribution in [2.75, 3.05) is 13.1 Å². The second-order valence-electron chi connectivity index (χ2n) is 3.55. The van der Waals surface area contributed by atoms with E-state index in [0.29, 0.717) is 12.5 Å². The van der Waals surface area contributed by atoms with Gasteiger partial charge >= 0.3 is 6.61 Å². The topological polar surface area (TPSA) is 12.5 Å². The molecule has 4 heteroatoms. The van der Waals surface area contributed by atoms with Crippen LogP contribution in [0, 0.1) is 6.42 Å². The van der Waals surface area contributed by atoms with E-state index < -0.39 is 6.61 Å². The van der Waals surface area contributed by atoms with Crippen molar-refractivity contribution < 1.29 is 13.5 Å². The van der Waals surface area contributed by atoms with Crippen molar-refractivity contribution in [3.63, 3.8) is 0 Å². The summed E-state index contributed by atoms with van der Waals surface area (Å²) in [7, 11) is 0. The van der Waals surface area contributed by atoms with E-state index in [0.717, 1.165) is 13.1 Å². The number of halogens is 2. The van der Waals surface area contributed by atoms with Crippen LogP contribution in [0.5, 0.6) is 0 Å². The number of piperidine rings is 1. The van der Waals surface area contributed by atoms with Crippen molar-refractivity contribution in [1.82, 2.24) is 4.90 Å². The van der Waals surface area contributed by atoms with Crippen molar-refractivity contribution in [3.05, 3.63) is 6.42 Å². The smallest absolute Gasteiger partial charge is 0.319 e. The van der Waals surface area contributed by atoms with Crippen LogP contribution in [-0.4, -0.2) is 36.7 Å². The summed E-state index contributed by atoms with van der Waals surface area (Å²) in [5, 5.41) is 0. The lowest BCUT2D eigenvalue weighted by Gasteiger charge is -2.33. The van der Waals surface area contributed by atoms with Crippen molar-refractivity contribution >= 4 is 0 Å². The van der Waals surface area contributed by atoms with E-state index in [1.54, 1.807) is 0 Å². The number of hydrogen-bond acceptors (Lipinski definition) is 2. The summed E-state index contributed by atoms with van der Waals surface area (Å²) in [5.41, 5.74) is 0. The van der Waals surface area contributed by atoms with Crippen molar-refractivity contribution in [2.24, 2.45) is 0 Å². The Hall–Kier alpha value is -0.220. The molecule has 1 fully saturated rings. The third-order valence-electron chi connectivity index (χ3n) is 2.31. The van der Waals surface area contributed by atoms with E-state index in [4.69, 9.17) is 0 Å². The highest BCUT2D eigenvalue weighted by atomic mass is 19.3. The highest BCUT2D eigenvalue weighted by Gasteiger charge is 2.23. The standard InChI is InChI=1S/C9H16F2NO/c1-7(2)12-5-3-8(4-6-12)13-9(10)11/h3,7-9H,4-6H2,1-2H3. The van der Waals surface area contributed by atoms with Crippen LogP contribution < -0.4 is 0 Å². The number of likely N-dealkylation sites (tertiary alicyclic amines) is 1. The van der Waals surface area contributed by atoms with Gasteiger partial charge in [-0.15, -0.1) is 0 Å². The quantitative estimate of drug-likeness (QED) is 0.677. The Morgan fingerprint density at radius 1 is 1.46 bits per heavy atom. The highest BCUT2D eigenvalue weighted by molar-refractivity contribution is 4.88. The second-order valence-corrected chi connectivity index (χ2v) is 3.55. The summed E-state index contributed by atoms with van der Waals surface area (Å²) >= 11 is 0. The molecule has 0 spiro atoms. The summed E-state index contributed by atoms with van der Waals surface area (Å²) < 4.78 is 28.0. The van der Waals surface area contributed by atoms with Gasteiger partial charge in [0, 0.05) is 25.6 Å². The molecule has 1 heterocycles. The van der Waals surface area contributed by atoms with E-state index in [1.165, 1.54) is 0 Å². The van der Waals surface area contributed by atoms with Gasteiger partial charge in [-0.2, -0.15) is 8.78 Å². The van der Waals surface area contributed by atoms with Gasteiger partial charge in [-0.1, -0.05) is 0 Å². The first-order valence-corrected chi connectivity index (χ1v) is 4.60. The normalized spacial score (nSPS) is 21.7. The van der Waals surface area contributed by atoms with E-state index in [2.05, 4.69) is 23.5 Å². The third kappa shape index (κ3) is 3.56. The molecule has 13 heavy (non-hydrogen) atoms. The van der Waals surface area contributed by atoms with Gasteiger partial charge in [-0.25, -0.2) is 0 Å². The van der Waals surface area contributed by atoms with Gasteiger partial charge in [0.2, 0.25) is 0 Å². The molecular formula is C9H16F2NO. The van der Waals surface area contributed by atoms with E-state index in [1.807, 2.05) is 6.42 Å². The van der Waals surface area contributed by atoms with Gasteiger partial charge in [0.15, 0.2) is 0 Å². The van der Waals surface area contributed by atoms with Crippen LogP contribution in [-0.2, 0) is 4.74 Å². The van der Waals surface area contributed by atoms with Gasteiger partial charge in [-0.3, -0.25) is 0 Å². The predicted octanol–water partition coefficient (Wildman–Crippen LogP) is 1.91. The number of alkyl halides is 2. The van der Waals surface area contributed by atoms with Gasteiger partial charge in [-0.05, 0) is 20.3 Å². The first-order valence-electron chi connectivity index (χ1n) is 4.60. The summed E-state index contributed by atoms with van der Waals surface area (Å²) in [6, 6.07) is 0.476. The Morgan fingerprint density at radius 2 is 2.15 bits per heavy atom. The lowest BCUT2D eigenvalue weighted by Crippen LogP contribution is -2.41. The van der Waals surface area contributed by atoms with Gasteiger partial charge < -0.3 is 9.64 Å². The largest absolute Gasteiger partial charge is 0.345 e. The van der Waals surface area contributed by atoms with Crippen LogP contribution in [0.3, 0.4) is 0 Å². The van der Waals surface area contributed by atoms with Crippen LogP contribution in [0.25, 0.3) is 0 Å². The molecule has 0 aliphatic carbocycles. The Balaban J connectivity index is 2.22. The summed E-state index contributed by atoms with van der Waals surface area (Å²) in [6.07, 6.45) is 2.12. The zero-order valence-corrected chi connectivity index (χ0v) is 8.04. The molecule has 77 valence electrons. The minimum atomic E-state index is -2.65. The fraction of sp³-hybridized carbons (Fsp3) is 0.889. The minimum absolute atomic E-state index is 0.366. The number of nitrogens with zero attached hydrogens (tertiary/aromatic N) is 1. The monoisotopic (exact) mass is 192 g/mol. The molecule has 1 unspecified atom stereocenters. The van der Waals surface area contributed by atoms with Crippen molar-refractivity contribution in [2.45, 2.75) is 39.0 Å². The Bertz CT molecular complexity index is 145. The summed E-state index contributed by atoms with van der Waals surface area (Å²) in [5.74, 6) is 0. The molecular weight excluding hydrogens is 176 g/mol. The van der Waals surface area contributed by atoms with Crippen LogP contribution in [0.15, 0.2) is 0 Å². The molecule has 0 aromatic heterocycles. The summed E-state index contributed by atoms with van der Waals surface area (Å²) in [6.45, 7) is 3.14.